The smallest absolute Gasteiger partial charge is 0.197 e. The summed E-state index contributed by atoms with van der Waals surface area (Å²) in [6.45, 7) is 4.67. The summed E-state index contributed by atoms with van der Waals surface area (Å²) in [4.78, 5) is 102. The van der Waals surface area contributed by atoms with Crippen molar-refractivity contribution in [2.24, 2.45) is 0 Å². The largest absolute Gasteiger partial charge is 0.197 e. The van der Waals surface area contributed by atoms with E-state index in [0.29, 0.717) is 63.3 Å². The van der Waals surface area contributed by atoms with Gasteiger partial charge in [-0.15, -0.1) is 0 Å². The molecule has 4 N–H and O–H groups in total. The number of phenolic OH excluding ortho intramolecular Hbond substituents is 3. The van der Waals surface area contributed by atoms with Crippen molar-refractivity contribution in [3.05, 3.63) is 226 Å². The molecule has 0 radical (unpaired) electrons. The topological polar surface area (TPSA) is 236 Å². The number of benzene rings is 7. The second-order valence-electron chi connectivity index (χ2n) is 17.1. The van der Waals surface area contributed by atoms with Gasteiger partial charge in [0.05, 0.1) is 52.6 Å². The van der Waals surface area contributed by atoms with E-state index in [0.717, 1.165) is 20.4 Å². The van der Waals surface area contributed by atoms with Crippen LogP contribution < -0.4 is 18.0 Å². The van der Waals surface area contributed by atoms with Gasteiger partial charge in [0.1, 0.15) is 35.1 Å². The number of hydrogen-bond acceptors (Lipinski definition) is 13. The molecule has 0 spiro atoms. The molecule has 22 heteroatoms. The molecule has 7 aromatic carbocycles. The maximum atomic E-state index is 12.5. The molecule has 6 amide bonds. The molecule has 0 bridgehead atoms. The molecular formula is C58H55I3N3O13S3-. The van der Waals surface area contributed by atoms with E-state index >= 15 is 0 Å². The first-order valence-corrected chi connectivity index (χ1v) is 35.9. The van der Waals surface area contributed by atoms with Crippen molar-refractivity contribution in [2.45, 2.75) is 45.0 Å². The summed E-state index contributed by atoms with van der Waals surface area (Å²) in [6, 6.07) is 44.3. The van der Waals surface area contributed by atoms with E-state index in [1.807, 2.05) is 30.3 Å². The number of ether oxygens (including phenoxy) is 1. The standard InChI is InChI=1S/C17H15NO4.2C17H13NO4.C7H8O.I3.3H2S/c3*1-10(15(20)11-6-8-12(19)9-7-11)18-16(21)13-4-2-3-5-14(13)17(18)22;1-8-7-5-3-2-4-6-7;1-3-2;;;/h2-10,15,19-20H,1H3;2*2-10,19H,1H3;2-6H,1H3;;3*1H2/q;;;;-1;;;. The average Bonchev–Trinajstić information content (AvgIpc) is 4.14. The van der Waals surface area contributed by atoms with Crippen molar-refractivity contribution in [2.75, 3.05) is 7.11 Å². The summed E-state index contributed by atoms with van der Waals surface area (Å²) >= 11 is 5.30. The van der Waals surface area contributed by atoms with E-state index in [4.69, 9.17) is 4.74 Å². The molecule has 80 heavy (non-hydrogen) atoms. The Labute approximate surface area is 512 Å². The number of carbonyl (C=O) groups excluding carboxylic acids is 8. The van der Waals surface area contributed by atoms with Gasteiger partial charge in [0.25, 0.3) is 35.4 Å². The number of imide groups is 3. The Balaban J connectivity index is 0.000000283. The van der Waals surface area contributed by atoms with Crippen LogP contribution >= 0.6 is 77.7 Å². The van der Waals surface area contributed by atoms with E-state index < -0.39 is 59.7 Å². The van der Waals surface area contributed by atoms with Crippen molar-refractivity contribution in [3.8, 4) is 23.0 Å². The van der Waals surface area contributed by atoms with Crippen LogP contribution in [0.4, 0.5) is 0 Å². The molecule has 0 fully saturated rings. The number of aliphatic hydroxyl groups excluding tert-OH is 1. The maximum absolute atomic E-state index is 12.5. The first kappa shape index (κ1) is 68.0. The fourth-order valence-corrected chi connectivity index (χ4v) is 8.31. The monoisotopic (exact) mass is 1480 g/mol. The summed E-state index contributed by atoms with van der Waals surface area (Å²) in [5.41, 5.74) is 3.19. The van der Waals surface area contributed by atoms with Gasteiger partial charge < -0.3 is 25.2 Å². The number of carbonyl (C=O) groups is 8. The third-order valence-electron chi connectivity index (χ3n) is 12.4. The van der Waals surface area contributed by atoms with Gasteiger partial charge in [0.2, 0.25) is 0 Å². The number of methoxy groups -OCH3 is 1. The van der Waals surface area contributed by atoms with Gasteiger partial charge in [-0.1, -0.05) is 66.7 Å². The molecule has 0 saturated carbocycles. The molecule has 0 aliphatic carbocycles. The van der Waals surface area contributed by atoms with Gasteiger partial charge in [-0.3, -0.25) is 53.1 Å². The zero-order valence-corrected chi connectivity index (χ0v) is 52.5. The SMILES string of the molecule is CC(C(=O)c1ccc(O)cc1)N1C(=O)c2ccccc2C1=O.CC(C(=O)c1ccc(O)cc1)N1C(=O)c2ccccc2C1=O.CC(C(O)c1ccc(O)cc1)N1C(=O)c2ccccc2C1=O.COc1ccccc1.I[I-]I.S.S.S. The van der Waals surface area contributed by atoms with Crippen molar-refractivity contribution in [1.29, 1.82) is 0 Å². The number of fused-ring (bicyclic) bond motifs is 3. The molecule has 16 nitrogen and oxygen atoms in total. The fraction of sp³-hybridized carbons (Fsp3) is 0.138. The normalized spacial score (nSPS) is 13.9. The minimum atomic E-state index is -1.03. The van der Waals surface area contributed by atoms with Crippen LogP contribution in [-0.4, -0.2) is 107 Å². The molecule has 3 aliphatic rings. The summed E-state index contributed by atoms with van der Waals surface area (Å²) in [6.07, 6.45) is -1.03. The number of nitrogens with zero attached hydrogens (tertiary/aromatic N) is 3. The van der Waals surface area contributed by atoms with Crippen molar-refractivity contribution in [1.82, 2.24) is 14.7 Å². The van der Waals surface area contributed by atoms with E-state index in [1.54, 1.807) is 99.0 Å². The quantitative estimate of drug-likeness (QED) is 0.0593. The van der Waals surface area contributed by atoms with Crippen LogP contribution in [-0.2, 0) is 0 Å². The van der Waals surface area contributed by atoms with Crippen LogP contribution in [0.3, 0.4) is 0 Å². The summed E-state index contributed by atoms with van der Waals surface area (Å²) in [5.74, 6) is -2.24. The third-order valence-corrected chi connectivity index (χ3v) is 12.4. The van der Waals surface area contributed by atoms with E-state index in [-0.39, 0.29) is 69.3 Å². The molecule has 3 heterocycles. The molecule has 7 aromatic rings. The number of Topliss-reactive ketones (excluding diaryl/α,β-unsaturated/α-hetero) is 2. The van der Waals surface area contributed by atoms with Gasteiger partial charge in [-0.2, -0.15) is 40.5 Å². The summed E-state index contributed by atoms with van der Waals surface area (Å²) < 4.78 is 4.91. The molecule has 420 valence electrons. The minimum absolute atomic E-state index is 0. The van der Waals surface area contributed by atoms with Gasteiger partial charge in [-0.25, -0.2) is 0 Å². The molecule has 4 atom stereocenters. The Morgan fingerprint density at radius 3 is 0.938 bits per heavy atom. The van der Waals surface area contributed by atoms with Crippen molar-refractivity contribution >= 4 is 125 Å². The first-order chi connectivity index (χ1) is 36.9. The fourth-order valence-electron chi connectivity index (χ4n) is 8.31. The first-order valence-electron chi connectivity index (χ1n) is 23.4. The minimum Gasteiger partial charge on any atom is -0.197 e. The van der Waals surface area contributed by atoms with E-state index in [2.05, 4.69) is 37.2 Å². The Morgan fingerprint density at radius 2 is 0.675 bits per heavy atom. The van der Waals surface area contributed by atoms with Crippen molar-refractivity contribution < 1.29 is 76.8 Å². The molecule has 4 unspecified atom stereocenters. The third kappa shape index (κ3) is 15.8. The van der Waals surface area contributed by atoms with Crippen LogP contribution in [0.15, 0.2) is 176 Å². The van der Waals surface area contributed by atoms with E-state index in [9.17, 15) is 58.8 Å². The van der Waals surface area contributed by atoms with Crippen LogP contribution in [0.5, 0.6) is 23.0 Å². The van der Waals surface area contributed by atoms with Gasteiger partial charge >= 0.3 is 50.5 Å². The summed E-state index contributed by atoms with van der Waals surface area (Å²) in [7, 11) is 1.66. The number of aliphatic hydroxyl groups is 1. The predicted molar refractivity (Wildman–Crippen MR) is 329 cm³/mol. The number of aromatic hydroxyl groups is 3. The maximum Gasteiger partial charge on any atom is -0.197 e. The Hall–Kier alpha value is -6.30. The Bertz CT molecular complexity index is 3080. The second-order valence-corrected chi connectivity index (χ2v) is 33.3. The zero-order chi connectivity index (χ0) is 56.1. The van der Waals surface area contributed by atoms with Crippen LogP contribution in [0.2, 0.25) is 0 Å². The van der Waals surface area contributed by atoms with Gasteiger partial charge in [0.15, 0.2) is 11.6 Å². The Morgan fingerprint density at radius 1 is 0.425 bits per heavy atom. The number of rotatable bonds is 10. The number of ketones is 2. The van der Waals surface area contributed by atoms with Crippen molar-refractivity contribution in [3.63, 3.8) is 0 Å². The predicted octanol–water partition coefficient (Wildman–Crippen LogP) is 7.44. The van der Waals surface area contributed by atoms with Gasteiger partial charge in [0, 0.05) is 11.1 Å². The summed E-state index contributed by atoms with van der Waals surface area (Å²) in [5, 5.41) is 38.2. The van der Waals surface area contributed by atoms with Crippen LogP contribution in [0.25, 0.3) is 0 Å². The number of para-hydroxylation sites is 1. The van der Waals surface area contributed by atoms with Crippen LogP contribution in [0.1, 0.15) is 115 Å². The number of phenols is 3. The van der Waals surface area contributed by atoms with Gasteiger partial charge in [-0.05, 0) is 136 Å². The average molecular weight is 1480 g/mol. The molecule has 0 saturated heterocycles. The number of hydrogen-bond donors (Lipinski definition) is 4. The second kappa shape index (κ2) is 31.6. The Kier molecular flexibility index (Phi) is 26.9. The zero-order valence-electron chi connectivity index (χ0n) is 43.0. The molecule has 0 aromatic heterocycles. The molecule has 10 rings (SSSR count). The number of amides is 6. The molecular weight excluding hydrogens is 1420 g/mol. The van der Waals surface area contributed by atoms with E-state index in [1.165, 1.54) is 74.5 Å². The molecule has 3 aliphatic heterocycles. The van der Waals surface area contributed by atoms with Crippen LogP contribution in [0, 0.1) is 0 Å². The number of halogens is 3.